The second-order valence-electron chi connectivity index (χ2n) is 8.05. The fraction of sp³-hybridized carbons (Fsp3) is 0.250. The van der Waals surface area contributed by atoms with Gasteiger partial charge in [0.1, 0.15) is 0 Å². The van der Waals surface area contributed by atoms with Gasteiger partial charge in [-0.3, -0.25) is 0 Å². The first kappa shape index (κ1) is 15.2. The average Bonchev–Trinajstić information content (AvgIpc) is 3.07. The molecule has 4 rings (SSSR count). The molecule has 0 aromatic heterocycles. The Hall–Kier alpha value is -2.34. The molecule has 0 fully saturated rings. The molecular formula is C24H24. The standard InChI is InChI=1S/C24H24/c1-15-10-11-20-19-9-7-6-8-17(19)13-22(20)23(15)21-14-18(12-16(21)2)24(3,4)5/h6-14,16H,1H2,2-5H3. The lowest BCUT2D eigenvalue weighted by Crippen LogP contribution is -2.11. The first-order chi connectivity index (χ1) is 11.4. The van der Waals surface area contributed by atoms with Gasteiger partial charge in [0.05, 0.1) is 0 Å². The lowest BCUT2D eigenvalue weighted by Gasteiger charge is -2.18. The van der Waals surface area contributed by atoms with E-state index in [-0.39, 0.29) is 5.41 Å². The molecule has 0 N–H and O–H groups in total. The highest BCUT2D eigenvalue weighted by atomic mass is 14.3. The zero-order chi connectivity index (χ0) is 17.1. The summed E-state index contributed by atoms with van der Waals surface area (Å²) in [5.74, 6) is 0.434. The minimum atomic E-state index is 0.183. The predicted molar refractivity (Wildman–Crippen MR) is 104 cm³/mol. The minimum absolute atomic E-state index is 0.183. The van der Waals surface area contributed by atoms with Gasteiger partial charge in [-0.05, 0) is 54.6 Å². The fourth-order valence-corrected chi connectivity index (χ4v) is 3.89. The van der Waals surface area contributed by atoms with E-state index in [4.69, 9.17) is 0 Å². The van der Waals surface area contributed by atoms with Crippen molar-refractivity contribution in [2.24, 2.45) is 11.3 Å². The first-order valence-corrected chi connectivity index (χ1v) is 8.73. The molecule has 2 aromatic rings. The maximum atomic E-state index is 4.34. The van der Waals surface area contributed by atoms with E-state index in [2.05, 4.69) is 88.9 Å². The maximum absolute atomic E-state index is 4.34. The Morgan fingerprint density at radius 3 is 2.38 bits per heavy atom. The number of rotatable bonds is 1. The van der Waals surface area contributed by atoms with Crippen molar-refractivity contribution in [1.82, 2.24) is 0 Å². The van der Waals surface area contributed by atoms with Crippen molar-refractivity contribution < 1.29 is 0 Å². The lowest BCUT2D eigenvalue weighted by molar-refractivity contribution is 0.516. The van der Waals surface area contributed by atoms with Crippen LogP contribution in [0.5, 0.6) is 0 Å². The minimum Gasteiger partial charge on any atom is -0.0911 e. The summed E-state index contributed by atoms with van der Waals surface area (Å²) >= 11 is 0. The van der Waals surface area contributed by atoms with Crippen molar-refractivity contribution in [3.05, 3.63) is 86.1 Å². The quantitative estimate of drug-likeness (QED) is 0.619. The molecule has 120 valence electrons. The molecule has 0 heterocycles. The Morgan fingerprint density at radius 2 is 1.67 bits per heavy atom. The zero-order valence-electron chi connectivity index (χ0n) is 15.0. The van der Waals surface area contributed by atoms with Gasteiger partial charge in [0, 0.05) is 5.92 Å². The van der Waals surface area contributed by atoms with Crippen LogP contribution >= 0.6 is 0 Å². The number of fused-ring (bicyclic) bond motifs is 2. The Labute approximate surface area is 143 Å². The van der Waals surface area contributed by atoms with Gasteiger partial charge in [-0.1, -0.05) is 82.8 Å². The molecular weight excluding hydrogens is 288 g/mol. The van der Waals surface area contributed by atoms with E-state index in [1.807, 2.05) is 0 Å². The van der Waals surface area contributed by atoms with Crippen molar-refractivity contribution >= 4 is 18.2 Å². The van der Waals surface area contributed by atoms with Gasteiger partial charge in [-0.25, -0.2) is 0 Å². The summed E-state index contributed by atoms with van der Waals surface area (Å²) in [5.41, 5.74) is 5.68. The van der Waals surface area contributed by atoms with Crippen LogP contribution in [0, 0.1) is 21.8 Å². The van der Waals surface area contributed by atoms with Crippen LogP contribution in [-0.4, -0.2) is 0 Å². The molecule has 24 heavy (non-hydrogen) atoms. The highest BCUT2D eigenvalue weighted by molar-refractivity contribution is 5.81. The Bertz CT molecular complexity index is 1100. The van der Waals surface area contributed by atoms with Crippen molar-refractivity contribution in [2.45, 2.75) is 27.7 Å². The number of benzene rings is 2. The Morgan fingerprint density at radius 1 is 0.917 bits per heavy atom. The van der Waals surface area contributed by atoms with E-state index >= 15 is 0 Å². The molecule has 2 aliphatic carbocycles. The largest absolute Gasteiger partial charge is 0.0911 e. The topological polar surface area (TPSA) is 0 Å². The zero-order valence-corrected chi connectivity index (χ0v) is 15.0. The molecule has 0 radical (unpaired) electrons. The van der Waals surface area contributed by atoms with Crippen molar-refractivity contribution in [3.63, 3.8) is 0 Å². The van der Waals surface area contributed by atoms with Crippen LogP contribution in [0.3, 0.4) is 0 Å². The van der Waals surface area contributed by atoms with E-state index in [1.54, 1.807) is 0 Å². The summed E-state index contributed by atoms with van der Waals surface area (Å²) in [6, 6.07) is 13.1. The normalized spacial score (nSPS) is 18.6. The molecule has 0 amide bonds. The van der Waals surface area contributed by atoms with E-state index < -0.39 is 0 Å². The summed E-state index contributed by atoms with van der Waals surface area (Å²) in [5, 5.41) is 5.11. The van der Waals surface area contributed by atoms with Crippen molar-refractivity contribution in [2.75, 3.05) is 0 Å². The number of allylic oxidation sites excluding steroid dienone is 4. The maximum Gasteiger partial charge on any atom is 0.000206 e. The summed E-state index contributed by atoms with van der Waals surface area (Å²) < 4.78 is 0. The van der Waals surface area contributed by atoms with Crippen LogP contribution in [0.15, 0.2) is 54.1 Å². The SMILES string of the molecule is C=c1ccc2c(c1C1=CC(C(C)(C)C)=CC1C)C=c1ccccc1=2. The van der Waals surface area contributed by atoms with Crippen molar-refractivity contribution in [3.8, 4) is 0 Å². The van der Waals surface area contributed by atoms with Crippen LogP contribution in [-0.2, 0) is 0 Å². The Balaban J connectivity index is 2.01. The van der Waals surface area contributed by atoms with Crippen molar-refractivity contribution in [1.29, 1.82) is 0 Å². The van der Waals surface area contributed by atoms with Crippen LogP contribution in [0.25, 0.3) is 18.2 Å². The number of hydrogen-bond acceptors (Lipinski definition) is 0. The molecule has 0 spiro atoms. The van der Waals surface area contributed by atoms with Crippen LogP contribution in [0.1, 0.15) is 38.8 Å². The summed E-state index contributed by atoms with van der Waals surface area (Å²) in [6.45, 7) is 13.5. The molecule has 1 atom stereocenters. The highest BCUT2D eigenvalue weighted by Crippen LogP contribution is 2.39. The van der Waals surface area contributed by atoms with Crippen LogP contribution < -0.4 is 10.4 Å². The molecule has 0 saturated heterocycles. The third kappa shape index (κ3) is 2.21. The van der Waals surface area contributed by atoms with Gasteiger partial charge in [0.15, 0.2) is 0 Å². The van der Waals surface area contributed by atoms with Gasteiger partial charge >= 0.3 is 0 Å². The summed E-state index contributed by atoms with van der Waals surface area (Å²) in [6.07, 6.45) is 7.14. The third-order valence-corrected chi connectivity index (χ3v) is 5.27. The third-order valence-electron chi connectivity index (χ3n) is 5.27. The van der Waals surface area contributed by atoms with Gasteiger partial charge in [0.25, 0.3) is 0 Å². The molecule has 2 aliphatic rings. The molecule has 2 aromatic carbocycles. The molecule has 0 heteroatoms. The van der Waals surface area contributed by atoms with Crippen LogP contribution in [0.2, 0.25) is 0 Å². The highest BCUT2D eigenvalue weighted by Gasteiger charge is 2.25. The monoisotopic (exact) mass is 312 g/mol. The molecule has 1 unspecified atom stereocenters. The Kier molecular flexibility index (Phi) is 3.22. The fourth-order valence-electron chi connectivity index (χ4n) is 3.89. The summed E-state index contributed by atoms with van der Waals surface area (Å²) in [4.78, 5) is 0. The molecule has 0 saturated carbocycles. The predicted octanol–water partition coefficient (Wildman–Crippen LogP) is 4.53. The van der Waals surface area contributed by atoms with E-state index in [9.17, 15) is 0 Å². The molecule has 0 nitrogen and oxygen atoms in total. The van der Waals surface area contributed by atoms with E-state index in [0.29, 0.717) is 5.92 Å². The average molecular weight is 312 g/mol. The van der Waals surface area contributed by atoms with Gasteiger partial charge in [-0.15, -0.1) is 0 Å². The second-order valence-corrected chi connectivity index (χ2v) is 8.05. The van der Waals surface area contributed by atoms with Gasteiger partial charge in [-0.2, -0.15) is 0 Å². The summed E-state index contributed by atoms with van der Waals surface area (Å²) in [7, 11) is 0. The van der Waals surface area contributed by atoms with Crippen LogP contribution in [0.4, 0.5) is 0 Å². The van der Waals surface area contributed by atoms with E-state index in [0.717, 1.165) is 5.22 Å². The lowest BCUT2D eigenvalue weighted by atomic mass is 9.87. The second kappa shape index (κ2) is 5.08. The first-order valence-electron chi connectivity index (χ1n) is 8.73. The molecule has 0 aliphatic heterocycles. The number of hydrogen-bond donors (Lipinski definition) is 0. The smallest absolute Gasteiger partial charge is 0.000206 e. The van der Waals surface area contributed by atoms with Gasteiger partial charge in [0.2, 0.25) is 0 Å². The van der Waals surface area contributed by atoms with Gasteiger partial charge < -0.3 is 0 Å². The van der Waals surface area contributed by atoms with E-state index in [1.165, 1.54) is 37.9 Å². The molecule has 0 bridgehead atoms.